The second kappa shape index (κ2) is 15.7. The fourth-order valence-corrected chi connectivity index (χ4v) is 2.46. The predicted molar refractivity (Wildman–Crippen MR) is 125 cm³/mol. The summed E-state index contributed by atoms with van der Waals surface area (Å²) >= 11 is 0. The molecule has 1 atom stereocenters. The first-order chi connectivity index (χ1) is 12.6. The molecule has 1 unspecified atom stereocenters. The molecule has 0 heterocycles. The van der Waals surface area contributed by atoms with Gasteiger partial charge in [-0.1, -0.05) is 37.3 Å². The number of nitrogens with one attached hydrogen (secondary N) is 3. The standard InChI is InChI=1S/C20H35N5O.HI/c1-5-13-22-19(26)15-24-20(21-6-2)23-14-12-17(3)25(4)16-18-10-8-7-9-11-18;/h7-11,17H,5-6,12-16H2,1-4H3,(H,22,26)(H2,21,23,24);1H. The topological polar surface area (TPSA) is 68.8 Å². The van der Waals surface area contributed by atoms with Gasteiger partial charge in [-0.3, -0.25) is 9.69 Å². The van der Waals surface area contributed by atoms with Crippen LogP contribution in [0.5, 0.6) is 0 Å². The molecule has 6 nitrogen and oxygen atoms in total. The molecule has 0 spiro atoms. The summed E-state index contributed by atoms with van der Waals surface area (Å²) in [5.41, 5.74) is 1.32. The van der Waals surface area contributed by atoms with Gasteiger partial charge in [0.1, 0.15) is 6.54 Å². The first-order valence-corrected chi connectivity index (χ1v) is 9.59. The van der Waals surface area contributed by atoms with Gasteiger partial charge < -0.3 is 16.0 Å². The van der Waals surface area contributed by atoms with Crippen LogP contribution >= 0.6 is 24.0 Å². The van der Waals surface area contributed by atoms with Crippen LogP contribution in [0.1, 0.15) is 39.2 Å². The summed E-state index contributed by atoms with van der Waals surface area (Å²) in [5.74, 6) is 0.650. The van der Waals surface area contributed by atoms with Crippen LogP contribution in [0.4, 0.5) is 0 Å². The van der Waals surface area contributed by atoms with Gasteiger partial charge in [-0.15, -0.1) is 24.0 Å². The van der Waals surface area contributed by atoms with E-state index in [-0.39, 0.29) is 36.4 Å². The van der Waals surface area contributed by atoms with Crippen molar-refractivity contribution in [2.24, 2.45) is 4.99 Å². The molecular formula is C20H36IN5O. The Morgan fingerprint density at radius 2 is 1.81 bits per heavy atom. The highest BCUT2D eigenvalue weighted by molar-refractivity contribution is 14.0. The number of rotatable bonds is 11. The molecule has 7 heteroatoms. The van der Waals surface area contributed by atoms with Crippen LogP contribution in [0, 0.1) is 0 Å². The second-order valence-electron chi connectivity index (χ2n) is 6.51. The highest BCUT2D eigenvalue weighted by atomic mass is 127. The Morgan fingerprint density at radius 1 is 1.11 bits per heavy atom. The van der Waals surface area contributed by atoms with Crippen LogP contribution in [-0.2, 0) is 11.3 Å². The van der Waals surface area contributed by atoms with Crippen LogP contribution in [0.15, 0.2) is 35.3 Å². The van der Waals surface area contributed by atoms with E-state index in [1.807, 2.05) is 19.9 Å². The summed E-state index contributed by atoms with van der Waals surface area (Å²) in [4.78, 5) is 18.4. The number of carbonyl (C=O) groups excluding carboxylic acids is 1. The van der Waals surface area contributed by atoms with Crippen molar-refractivity contribution >= 4 is 35.8 Å². The molecule has 1 amide bonds. The van der Waals surface area contributed by atoms with Gasteiger partial charge in [0.05, 0.1) is 0 Å². The molecule has 0 radical (unpaired) electrons. The minimum absolute atomic E-state index is 0. The normalized spacial score (nSPS) is 12.3. The van der Waals surface area contributed by atoms with Gasteiger partial charge in [0.25, 0.3) is 0 Å². The van der Waals surface area contributed by atoms with E-state index in [9.17, 15) is 4.79 Å². The summed E-state index contributed by atoms with van der Waals surface area (Å²) in [6.07, 6.45) is 1.93. The Kier molecular flexibility index (Phi) is 14.9. The largest absolute Gasteiger partial charge is 0.357 e. The lowest BCUT2D eigenvalue weighted by atomic mass is 10.1. The van der Waals surface area contributed by atoms with Gasteiger partial charge in [-0.05, 0) is 39.3 Å². The zero-order chi connectivity index (χ0) is 19.2. The zero-order valence-electron chi connectivity index (χ0n) is 17.1. The maximum atomic E-state index is 11.7. The van der Waals surface area contributed by atoms with E-state index in [2.05, 4.69) is 64.1 Å². The Morgan fingerprint density at radius 3 is 2.44 bits per heavy atom. The average molecular weight is 489 g/mol. The van der Waals surface area contributed by atoms with Gasteiger partial charge in [0.2, 0.25) is 5.91 Å². The molecule has 1 aromatic carbocycles. The first-order valence-electron chi connectivity index (χ1n) is 9.59. The number of guanidine groups is 1. The van der Waals surface area contributed by atoms with Crippen molar-refractivity contribution in [3.63, 3.8) is 0 Å². The number of nitrogens with zero attached hydrogens (tertiary/aromatic N) is 2. The van der Waals surface area contributed by atoms with E-state index in [0.29, 0.717) is 18.5 Å². The van der Waals surface area contributed by atoms with Gasteiger partial charge in [0, 0.05) is 32.2 Å². The van der Waals surface area contributed by atoms with Crippen LogP contribution in [-0.4, -0.2) is 56.0 Å². The number of hydrogen-bond donors (Lipinski definition) is 3. The van der Waals surface area contributed by atoms with E-state index in [1.54, 1.807) is 0 Å². The van der Waals surface area contributed by atoms with Crippen molar-refractivity contribution in [2.75, 3.05) is 33.2 Å². The highest BCUT2D eigenvalue weighted by Crippen LogP contribution is 2.07. The molecule has 0 bridgehead atoms. The SMILES string of the molecule is CCCNC(=O)CN=C(NCC)NCCC(C)N(C)Cc1ccccc1.I. The van der Waals surface area contributed by atoms with Crippen LogP contribution in [0.25, 0.3) is 0 Å². The average Bonchev–Trinajstić information content (AvgIpc) is 2.65. The lowest BCUT2D eigenvalue weighted by molar-refractivity contribution is -0.119. The molecule has 154 valence electrons. The summed E-state index contributed by atoms with van der Waals surface area (Å²) in [5, 5.41) is 9.33. The van der Waals surface area contributed by atoms with Gasteiger partial charge in [-0.25, -0.2) is 4.99 Å². The summed E-state index contributed by atoms with van der Waals surface area (Å²) in [6.45, 7) is 9.65. The van der Waals surface area contributed by atoms with Gasteiger partial charge in [0.15, 0.2) is 5.96 Å². The molecule has 0 aromatic heterocycles. The minimum Gasteiger partial charge on any atom is -0.357 e. The lowest BCUT2D eigenvalue weighted by Gasteiger charge is -2.25. The smallest absolute Gasteiger partial charge is 0.241 e. The van der Waals surface area contributed by atoms with E-state index in [1.165, 1.54) is 5.56 Å². The Balaban J connectivity index is 0.00000676. The molecule has 0 aliphatic heterocycles. The first kappa shape index (κ1) is 25.6. The summed E-state index contributed by atoms with van der Waals surface area (Å²) in [7, 11) is 2.15. The monoisotopic (exact) mass is 489 g/mol. The minimum atomic E-state index is -0.0417. The van der Waals surface area contributed by atoms with Crippen LogP contribution < -0.4 is 16.0 Å². The van der Waals surface area contributed by atoms with Crippen molar-refractivity contribution in [3.8, 4) is 0 Å². The number of aliphatic imine (C=N–C) groups is 1. The third kappa shape index (κ3) is 11.9. The third-order valence-electron chi connectivity index (χ3n) is 4.18. The Hall–Kier alpha value is -1.35. The zero-order valence-corrected chi connectivity index (χ0v) is 19.5. The molecule has 0 saturated carbocycles. The highest BCUT2D eigenvalue weighted by Gasteiger charge is 2.10. The molecule has 27 heavy (non-hydrogen) atoms. The second-order valence-corrected chi connectivity index (χ2v) is 6.51. The fourth-order valence-electron chi connectivity index (χ4n) is 2.46. The number of carbonyl (C=O) groups is 1. The molecule has 1 aromatic rings. The summed E-state index contributed by atoms with van der Waals surface area (Å²) in [6, 6.07) is 10.9. The predicted octanol–water partition coefficient (Wildman–Crippen LogP) is 2.60. The molecule has 0 saturated heterocycles. The van der Waals surface area contributed by atoms with Crippen molar-refractivity contribution in [2.45, 2.75) is 46.2 Å². The fraction of sp³-hybridized carbons (Fsp3) is 0.600. The summed E-state index contributed by atoms with van der Waals surface area (Å²) < 4.78 is 0. The van der Waals surface area contributed by atoms with Gasteiger partial charge >= 0.3 is 0 Å². The molecule has 0 aliphatic carbocycles. The van der Waals surface area contributed by atoms with Crippen molar-refractivity contribution in [1.29, 1.82) is 0 Å². The molecule has 3 N–H and O–H groups in total. The number of amides is 1. The number of hydrogen-bond acceptors (Lipinski definition) is 3. The van der Waals surface area contributed by atoms with Crippen LogP contribution in [0.3, 0.4) is 0 Å². The molecule has 0 aliphatic rings. The quantitative estimate of drug-likeness (QED) is 0.254. The van der Waals surface area contributed by atoms with Crippen molar-refractivity contribution < 1.29 is 4.79 Å². The Bertz CT molecular complexity index is 538. The van der Waals surface area contributed by atoms with Crippen molar-refractivity contribution in [1.82, 2.24) is 20.9 Å². The van der Waals surface area contributed by atoms with E-state index >= 15 is 0 Å². The van der Waals surface area contributed by atoms with Crippen molar-refractivity contribution in [3.05, 3.63) is 35.9 Å². The maximum absolute atomic E-state index is 11.7. The van der Waals surface area contributed by atoms with E-state index in [0.717, 1.165) is 32.5 Å². The molecule has 0 fully saturated rings. The van der Waals surface area contributed by atoms with E-state index in [4.69, 9.17) is 0 Å². The molecule has 1 rings (SSSR count). The van der Waals surface area contributed by atoms with Crippen LogP contribution in [0.2, 0.25) is 0 Å². The third-order valence-corrected chi connectivity index (χ3v) is 4.18. The Labute approximate surface area is 181 Å². The maximum Gasteiger partial charge on any atom is 0.241 e. The van der Waals surface area contributed by atoms with E-state index < -0.39 is 0 Å². The molecular weight excluding hydrogens is 453 g/mol. The number of benzene rings is 1. The van der Waals surface area contributed by atoms with Gasteiger partial charge in [-0.2, -0.15) is 0 Å². The number of halogens is 1. The lowest BCUT2D eigenvalue weighted by Crippen LogP contribution is -2.40.